The van der Waals surface area contributed by atoms with Crippen molar-refractivity contribution in [3.63, 3.8) is 0 Å². The smallest absolute Gasteiger partial charge is 0.691 e. The fourth-order valence-electron chi connectivity index (χ4n) is 1.65. The van der Waals surface area contributed by atoms with Crippen LogP contribution in [-0.4, -0.2) is 5.97 Å². The number of thiophene rings is 1. The zero-order valence-corrected chi connectivity index (χ0v) is 17.7. The van der Waals surface area contributed by atoms with Crippen molar-refractivity contribution in [1.82, 2.24) is 0 Å². The second-order valence-electron chi connectivity index (χ2n) is 3.97. The number of carboxylic acid groups (broad SMARTS) is 1. The molecule has 0 saturated heterocycles. The van der Waals surface area contributed by atoms with Gasteiger partial charge in [-0.1, -0.05) is 13.8 Å². The number of carboxylic acids is 1. The van der Waals surface area contributed by atoms with Crippen LogP contribution in [0.5, 0.6) is 0 Å². The molecule has 2 unspecified atom stereocenters. The van der Waals surface area contributed by atoms with Gasteiger partial charge in [0.2, 0.25) is 0 Å². The van der Waals surface area contributed by atoms with E-state index in [0.717, 1.165) is 28.2 Å². The minimum atomic E-state index is -1.03. The first-order valence-electron chi connectivity index (χ1n) is 5.50. The molecular weight excluding hydrogens is 322 g/mol. The van der Waals surface area contributed by atoms with E-state index < -0.39 is 11.9 Å². The van der Waals surface area contributed by atoms with E-state index in [4.69, 9.17) is 0 Å². The summed E-state index contributed by atoms with van der Waals surface area (Å²) in [7, 11) is 0. The summed E-state index contributed by atoms with van der Waals surface area (Å²) in [5, 5.41) is 25.6. The van der Waals surface area contributed by atoms with Crippen molar-refractivity contribution >= 4 is 29.3 Å². The van der Waals surface area contributed by atoms with Crippen molar-refractivity contribution < 1.29 is 83.6 Å². The Balaban J connectivity index is 0. The number of carbonyl (C=O) groups is 1. The molecule has 9 heteroatoms. The normalized spacial score (nSPS) is 12.9. The predicted octanol–water partition coefficient (Wildman–Crippen LogP) is -4.74. The van der Waals surface area contributed by atoms with E-state index in [0.29, 0.717) is 6.42 Å². The number of carbonyl (C=O) groups excluding carboxylic acids is 1. The van der Waals surface area contributed by atoms with Crippen LogP contribution in [0.4, 0.5) is 0 Å². The molecule has 0 N–H and O–H groups in total. The molecule has 0 radical (unpaired) electrons. The summed E-state index contributed by atoms with van der Waals surface area (Å²) >= 11 is 2.36. The SMILES string of the molecule is CCC(CC(C)C(=O)[O-])c1cc(SOO[O-])cs1.[Na+].[Na+]. The molecule has 0 aliphatic carbocycles. The van der Waals surface area contributed by atoms with Crippen LogP contribution in [0.25, 0.3) is 0 Å². The standard InChI is InChI=1S/C11H16O5S2.2Na/c1-3-8(4-7(2)11(12)13)10-5-9(6-17-10)18-16-15-14;;/h5-8,14H,3-4H2,1-2H3,(H,12,13);;/q;2*+1/p-2. The van der Waals surface area contributed by atoms with E-state index in [1.54, 1.807) is 6.92 Å². The summed E-state index contributed by atoms with van der Waals surface area (Å²) in [6.07, 6.45) is 1.39. The van der Waals surface area contributed by atoms with Gasteiger partial charge in [0.1, 0.15) is 0 Å². The molecule has 2 atom stereocenters. The van der Waals surface area contributed by atoms with Gasteiger partial charge >= 0.3 is 59.1 Å². The molecule has 0 amide bonds. The first-order chi connectivity index (χ1) is 8.58. The maximum Gasteiger partial charge on any atom is 1.00 e. The minimum absolute atomic E-state index is 0. The molecule has 102 valence electrons. The monoisotopic (exact) mass is 336 g/mol. The molecule has 1 heterocycles. The van der Waals surface area contributed by atoms with E-state index >= 15 is 0 Å². The van der Waals surface area contributed by atoms with Crippen LogP contribution in [0.3, 0.4) is 0 Å². The fraction of sp³-hybridized carbons (Fsp3) is 0.545. The first-order valence-corrected chi connectivity index (χ1v) is 7.13. The quantitative estimate of drug-likeness (QED) is 0.205. The van der Waals surface area contributed by atoms with Crippen LogP contribution in [0.15, 0.2) is 16.3 Å². The van der Waals surface area contributed by atoms with E-state index in [1.807, 2.05) is 18.4 Å². The molecule has 0 aliphatic heterocycles. The molecule has 0 aliphatic rings. The van der Waals surface area contributed by atoms with Crippen LogP contribution in [0.1, 0.15) is 37.5 Å². The van der Waals surface area contributed by atoms with Gasteiger partial charge in [-0.2, -0.15) is 4.33 Å². The minimum Gasteiger partial charge on any atom is -0.691 e. The Morgan fingerprint density at radius 2 is 2.15 bits per heavy atom. The average molecular weight is 336 g/mol. The molecule has 1 aromatic rings. The number of rotatable bonds is 8. The van der Waals surface area contributed by atoms with Gasteiger partial charge in [-0.05, 0) is 30.7 Å². The Bertz CT molecular complexity index is 389. The maximum atomic E-state index is 10.7. The number of aliphatic carboxylic acids is 1. The molecule has 0 aromatic carbocycles. The Kier molecular flexibility index (Phi) is 15.3. The molecule has 20 heavy (non-hydrogen) atoms. The van der Waals surface area contributed by atoms with E-state index in [2.05, 4.69) is 9.37 Å². The summed E-state index contributed by atoms with van der Waals surface area (Å²) in [4.78, 5) is 12.6. The first kappa shape index (κ1) is 23.7. The van der Waals surface area contributed by atoms with Gasteiger partial charge in [0, 0.05) is 21.1 Å². The van der Waals surface area contributed by atoms with Crippen LogP contribution in [-0.2, 0) is 14.2 Å². The second kappa shape index (κ2) is 12.9. The number of hydrogen-bond donors (Lipinski definition) is 0. The summed E-state index contributed by atoms with van der Waals surface area (Å²) in [5.74, 6) is -1.33. The van der Waals surface area contributed by atoms with Crippen molar-refractivity contribution in [1.29, 1.82) is 0 Å². The Morgan fingerprint density at radius 3 is 2.65 bits per heavy atom. The maximum absolute atomic E-state index is 10.7. The van der Waals surface area contributed by atoms with E-state index in [9.17, 15) is 15.2 Å². The molecule has 5 nitrogen and oxygen atoms in total. The molecule has 1 aromatic heterocycles. The molecule has 0 saturated carbocycles. The van der Waals surface area contributed by atoms with Gasteiger partial charge in [-0.25, -0.2) is 0 Å². The van der Waals surface area contributed by atoms with Gasteiger partial charge < -0.3 is 15.2 Å². The molecule has 0 bridgehead atoms. The van der Waals surface area contributed by atoms with Crippen molar-refractivity contribution in [3.8, 4) is 0 Å². The van der Waals surface area contributed by atoms with E-state index in [1.165, 1.54) is 11.3 Å². The molecule has 1 rings (SSSR count). The molecule has 0 spiro atoms. The third-order valence-electron chi connectivity index (χ3n) is 2.69. The second-order valence-corrected chi connectivity index (χ2v) is 5.68. The van der Waals surface area contributed by atoms with Crippen molar-refractivity contribution in [2.75, 3.05) is 0 Å². The Labute approximate surface area is 171 Å². The van der Waals surface area contributed by atoms with Crippen molar-refractivity contribution in [2.24, 2.45) is 5.92 Å². The van der Waals surface area contributed by atoms with Gasteiger partial charge in [0.15, 0.2) is 0 Å². The zero-order chi connectivity index (χ0) is 13.5. The van der Waals surface area contributed by atoms with Gasteiger partial charge in [0.25, 0.3) is 0 Å². The van der Waals surface area contributed by atoms with Crippen molar-refractivity contribution in [3.05, 3.63) is 16.3 Å². The van der Waals surface area contributed by atoms with Crippen LogP contribution >= 0.6 is 23.4 Å². The Morgan fingerprint density at radius 1 is 1.50 bits per heavy atom. The fourth-order valence-corrected chi connectivity index (χ4v) is 3.28. The van der Waals surface area contributed by atoms with Crippen LogP contribution in [0.2, 0.25) is 0 Å². The van der Waals surface area contributed by atoms with E-state index in [-0.39, 0.29) is 65.0 Å². The summed E-state index contributed by atoms with van der Waals surface area (Å²) in [6, 6.07) is 1.88. The molecule has 0 fully saturated rings. The van der Waals surface area contributed by atoms with Gasteiger partial charge in [-0.15, -0.1) is 11.3 Å². The zero-order valence-electron chi connectivity index (χ0n) is 12.1. The topological polar surface area (TPSA) is 81.7 Å². The largest absolute Gasteiger partial charge is 1.00 e. The summed E-state index contributed by atoms with van der Waals surface area (Å²) in [5.41, 5.74) is 0. The van der Waals surface area contributed by atoms with Crippen LogP contribution < -0.4 is 69.5 Å². The summed E-state index contributed by atoms with van der Waals surface area (Å²) in [6.45, 7) is 3.66. The third-order valence-corrected chi connectivity index (χ3v) is 4.49. The van der Waals surface area contributed by atoms with Crippen molar-refractivity contribution in [2.45, 2.75) is 37.5 Å². The third kappa shape index (κ3) is 8.14. The predicted molar refractivity (Wildman–Crippen MR) is 64.2 cm³/mol. The number of hydrogen-bond acceptors (Lipinski definition) is 7. The van der Waals surface area contributed by atoms with Gasteiger partial charge in [0.05, 0.1) is 12.0 Å². The summed E-state index contributed by atoms with van der Waals surface area (Å²) < 4.78 is 4.23. The molecular formula is C11H14Na2O5S2. The Hall–Kier alpha value is 1.40. The van der Waals surface area contributed by atoms with Crippen LogP contribution in [0, 0.1) is 5.92 Å². The average Bonchev–Trinajstić information content (AvgIpc) is 2.81. The van der Waals surface area contributed by atoms with Gasteiger partial charge in [-0.3, -0.25) is 5.04 Å².